The summed E-state index contributed by atoms with van der Waals surface area (Å²) < 4.78 is 7.81. The molecule has 1 aliphatic rings. The summed E-state index contributed by atoms with van der Waals surface area (Å²) >= 11 is 0. The molecule has 1 aliphatic heterocycles. The quantitative estimate of drug-likeness (QED) is 0.918. The zero-order valence-corrected chi connectivity index (χ0v) is 14.2. The number of ether oxygens (including phenoxy) is 1. The van der Waals surface area contributed by atoms with E-state index in [9.17, 15) is 4.79 Å². The fourth-order valence-corrected chi connectivity index (χ4v) is 2.88. The van der Waals surface area contributed by atoms with E-state index in [4.69, 9.17) is 4.74 Å². The van der Waals surface area contributed by atoms with Crippen molar-refractivity contribution in [3.05, 3.63) is 47.8 Å². The summed E-state index contributed by atoms with van der Waals surface area (Å²) in [5, 5.41) is 7.38. The van der Waals surface area contributed by atoms with Gasteiger partial charge < -0.3 is 15.0 Å². The van der Waals surface area contributed by atoms with Crippen LogP contribution in [0.1, 0.15) is 24.6 Å². The van der Waals surface area contributed by atoms with Gasteiger partial charge in [-0.25, -0.2) is 4.79 Å². The SMILES string of the molecule is CCn1cc(CNC(=O)N2CC[C@@H](Oc3ccccc3)C2)c(C)n1. The van der Waals surface area contributed by atoms with E-state index in [-0.39, 0.29) is 12.1 Å². The maximum absolute atomic E-state index is 12.3. The van der Waals surface area contributed by atoms with E-state index in [2.05, 4.69) is 10.4 Å². The first-order valence-electron chi connectivity index (χ1n) is 8.43. The Morgan fingerprint density at radius 2 is 2.17 bits per heavy atom. The number of benzene rings is 1. The van der Waals surface area contributed by atoms with Crippen LogP contribution in [0.25, 0.3) is 0 Å². The number of aryl methyl sites for hydroxylation is 2. The van der Waals surface area contributed by atoms with Crippen LogP contribution in [-0.4, -0.2) is 39.9 Å². The predicted molar refractivity (Wildman–Crippen MR) is 91.9 cm³/mol. The normalized spacial score (nSPS) is 17.1. The molecule has 1 fully saturated rings. The van der Waals surface area contributed by atoms with Gasteiger partial charge in [-0.05, 0) is 26.0 Å². The lowest BCUT2D eigenvalue weighted by Gasteiger charge is -2.18. The molecule has 0 aliphatic carbocycles. The fourth-order valence-electron chi connectivity index (χ4n) is 2.88. The molecule has 0 unspecified atom stereocenters. The minimum absolute atomic E-state index is 0.0437. The average molecular weight is 328 g/mol. The Morgan fingerprint density at radius 1 is 1.38 bits per heavy atom. The maximum atomic E-state index is 12.3. The van der Waals surface area contributed by atoms with Gasteiger partial charge in [0.05, 0.1) is 12.2 Å². The van der Waals surface area contributed by atoms with E-state index >= 15 is 0 Å². The Bertz CT molecular complexity index is 684. The topological polar surface area (TPSA) is 59.4 Å². The van der Waals surface area contributed by atoms with Crippen molar-refractivity contribution in [3.8, 4) is 5.75 Å². The summed E-state index contributed by atoms with van der Waals surface area (Å²) in [5.74, 6) is 0.854. The van der Waals surface area contributed by atoms with Crippen LogP contribution in [0.15, 0.2) is 36.5 Å². The molecule has 1 aromatic heterocycles. The Hall–Kier alpha value is -2.50. The molecule has 0 saturated carbocycles. The standard InChI is InChI=1S/C18H24N4O2/c1-3-22-12-15(14(2)20-22)11-19-18(23)21-10-9-17(13-21)24-16-7-5-4-6-8-16/h4-8,12,17H,3,9-11,13H2,1-2H3,(H,19,23)/t17-/m1/s1. The third-order valence-electron chi connectivity index (χ3n) is 4.28. The molecule has 1 atom stereocenters. The van der Waals surface area contributed by atoms with Crippen LogP contribution in [0, 0.1) is 6.92 Å². The van der Waals surface area contributed by atoms with E-state index in [1.54, 1.807) is 0 Å². The maximum Gasteiger partial charge on any atom is 0.317 e. The van der Waals surface area contributed by atoms with Crippen LogP contribution in [0.2, 0.25) is 0 Å². The third kappa shape index (κ3) is 3.88. The molecular formula is C18H24N4O2. The second kappa shape index (κ2) is 7.38. The number of nitrogens with zero attached hydrogens (tertiary/aromatic N) is 3. The highest BCUT2D eigenvalue weighted by molar-refractivity contribution is 5.74. The van der Waals surface area contributed by atoms with Crippen LogP contribution in [0.5, 0.6) is 5.75 Å². The van der Waals surface area contributed by atoms with Crippen molar-refractivity contribution in [2.45, 2.75) is 39.5 Å². The summed E-state index contributed by atoms with van der Waals surface area (Å²) in [7, 11) is 0. The Labute approximate surface area is 142 Å². The smallest absolute Gasteiger partial charge is 0.317 e. The fraction of sp³-hybridized carbons (Fsp3) is 0.444. The molecule has 0 radical (unpaired) electrons. The number of urea groups is 1. The molecule has 2 heterocycles. The summed E-state index contributed by atoms with van der Waals surface area (Å²) in [5.41, 5.74) is 2.02. The van der Waals surface area contributed by atoms with Gasteiger partial charge in [0, 0.05) is 37.8 Å². The van der Waals surface area contributed by atoms with Gasteiger partial charge in [0.25, 0.3) is 0 Å². The molecule has 0 bridgehead atoms. The number of hydrogen-bond acceptors (Lipinski definition) is 3. The van der Waals surface area contributed by atoms with Crippen molar-refractivity contribution in [1.29, 1.82) is 0 Å². The van der Waals surface area contributed by atoms with Gasteiger partial charge in [-0.2, -0.15) is 5.10 Å². The van der Waals surface area contributed by atoms with Crippen LogP contribution in [0.4, 0.5) is 4.79 Å². The lowest BCUT2D eigenvalue weighted by molar-refractivity contribution is 0.186. The minimum atomic E-state index is -0.0437. The molecule has 3 rings (SSSR count). The first-order valence-corrected chi connectivity index (χ1v) is 8.43. The molecule has 6 heteroatoms. The highest BCUT2D eigenvalue weighted by Gasteiger charge is 2.27. The van der Waals surface area contributed by atoms with Gasteiger partial charge in [0.1, 0.15) is 11.9 Å². The first kappa shape index (κ1) is 16.4. The Morgan fingerprint density at radius 3 is 2.88 bits per heavy atom. The van der Waals surface area contributed by atoms with E-state index in [0.717, 1.165) is 36.5 Å². The molecule has 2 amide bonds. The van der Waals surface area contributed by atoms with E-state index < -0.39 is 0 Å². The largest absolute Gasteiger partial charge is 0.489 e. The van der Waals surface area contributed by atoms with Crippen LogP contribution >= 0.6 is 0 Å². The number of hydrogen-bond donors (Lipinski definition) is 1. The molecule has 1 saturated heterocycles. The number of likely N-dealkylation sites (tertiary alicyclic amines) is 1. The predicted octanol–water partition coefficient (Wildman–Crippen LogP) is 2.57. The van der Waals surface area contributed by atoms with Gasteiger partial charge >= 0.3 is 6.03 Å². The van der Waals surface area contributed by atoms with Crippen LogP contribution in [0.3, 0.4) is 0 Å². The van der Waals surface area contributed by atoms with Gasteiger partial charge in [0.2, 0.25) is 0 Å². The number of carbonyl (C=O) groups excluding carboxylic acids is 1. The van der Waals surface area contributed by atoms with E-state index in [1.807, 2.05) is 60.0 Å². The molecule has 128 valence electrons. The highest BCUT2D eigenvalue weighted by atomic mass is 16.5. The molecule has 24 heavy (non-hydrogen) atoms. The Kier molecular flexibility index (Phi) is 5.03. The summed E-state index contributed by atoms with van der Waals surface area (Å²) in [6, 6.07) is 9.71. The molecule has 2 aromatic rings. The van der Waals surface area contributed by atoms with E-state index in [0.29, 0.717) is 13.1 Å². The van der Waals surface area contributed by atoms with E-state index in [1.165, 1.54) is 0 Å². The zero-order valence-electron chi connectivity index (χ0n) is 14.2. The third-order valence-corrected chi connectivity index (χ3v) is 4.28. The number of aromatic nitrogens is 2. The van der Waals surface area contributed by atoms with Crippen molar-refractivity contribution < 1.29 is 9.53 Å². The first-order chi connectivity index (χ1) is 11.7. The highest BCUT2D eigenvalue weighted by Crippen LogP contribution is 2.18. The van der Waals surface area contributed by atoms with Gasteiger partial charge in [-0.1, -0.05) is 18.2 Å². The van der Waals surface area contributed by atoms with Gasteiger partial charge in [-0.3, -0.25) is 4.68 Å². The summed E-state index contributed by atoms with van der Waals surface area (Å²) in [6.07, 6.45) is 2.90. The van der Waals surface area contributed by atoms with Gasteiger partial charge in [-0.15, -0.1) is 0 Å². The van der Waals surface area contributed by atoms with Crippen molar-refractivity contribution in [1.82, 2.24) is 20.0 Å². The monoisotopic (exact) mass is 328 g/mol. The lowest BCUT2D eigenvalue weighted by atomic mass is 10.3. The second-order valence-corrected chi connectivity index (χ2v) is 6.04. The summed E-state index contributed by atoms with van der Waals surface area (Å²) in [4.78, 5) is 14.1. The average Bonchev–Trinajstić information content (AvgIpc) is 3.20. The number of carbonyl (C=O) groups is 1. The summed E-state index contributed by atoms with van der Waals surface area (Å²) in [6.45, 7) is 6.69. The van der Waals surface area contributed by atoms with Crippen molar-refractivity contribution in [2.24, 2.45) is 0 Å². The number of nitrogens with one attached hydrogen (secondary N) is 1. The minimum Gasteiger partial charge on any atom is -0.489 e. The Balaban J connectivity index is 1.48. The van der Waals surface area contributed by atoms with Crippen LogP contribution < -0.4 is 10.1 Å². The lowest BCUT2D eigenvalue weighted by Crippen LogP contribution is -2.39. The van der Waals surface area contributed by atoms with Gasteiger partial charge in [0.15, 0.2) is 0 Å². The van der Waals surface area contributed by atoms with Crippen molar-refractivity contribution in [3.63, 3.8) is 0 Å². The van der Waals surface area contributed by atoms with Crippen molar-refractivity contribution >= 4 is 6.03 Å². The molecule has 1 N–H and O–H groups in total. The number of amides is 2. The number of rotatable bonds is 5. The van der Waals surface area contributed by atoms with Crippen molar-refractivity contribution in [2.75, 3.05) is 13.1 Å². The second-order valence-electron chi connectivity index (χ2n) is 6.04. The number of para-hydroxylation sites is 1. The zero-order chi connectivity index (χ0) is 16.9. The molecule has 0 spiro atoms. The molecule has 6 nitrogen and oxygen atoms in total. The molecular weight excluding hydrogens is 304 g/mol. The van der Waals surface area contributed by atoms with Crippen LogP contribution in [-0.2, 0) is 13.1 Å². The molecule has 1 aromatic carbocycles.